The number of rotatable bonds is 0. The zero-order valence-corrected chi connectivity index (χ0v) is 9.22. The first-order valence-electron chi connectivity index (χ1n) is 5.53. The molecule has 0 saturated carbocycles. The molecule has 0 unspecified atom stereocenters. The van der Waals surface area contributed by atoms with E-state index in [1.807, 2.05) is 48.5 Å². The number of hydrogen-bond acceptors (Lipinski definition) is 1. The van der Waals surface area contributed by atoms with E-state index in [0.29, 0.717) is 0 Å². The Hall–Kier alpha value is -2.33. The maximum absolute atomic E-state index is 9.26. The Morgan fingerprint density at radius 3 is 2.18 bits per heavy atom. The number of hydrogen-bond donors (Lipinski definition) is 0. The SMILES string of the molecule is N#CC1=Cc2ccccc2[CH]c2ccccc21. The topological polar surface area (TPSA) is 23.8 Å². The van der Waals surface area contributed by atoms with Crippen LogP contribution in [0.25, 0.3) is 11.6 Å². The largest absolute Gasteiger partial charge is 0.192 e. The Bertz CT molecular complexity index is 645. The number of fused-ring (bicyclic) bond motifs is 2. The van der Waals surface area contributed by atoms with Crippen LogP contribution in [0.3, 0.4) is 0 Å². The van der Waals surface area contributed by atoms with Gasteiger partial charge in [0.15, 0.2) is 0 Å². The normalized spacial score (nSPS) is 12.8. The van der Waals surface area contributed by atoms with Crippen LogP contribution in [0.2, 0.25) is 0 Å². The van der Waals surface area contributed by atoms with E-state index in [2.05, 4.69) is 18.6 Å². The molecule has 1 aliphatic rings. The third kappa shape index (κ3) is 1.64. The van der Waals surface area contributed by atoms with Crippen LogP contribution < -0.4 is 0 Å². The van der Waals surface area contributed by atoms with Crippen molar-refractivity contribution in [1.29, 1.82) is 5.26 Å². The third-order valence-corrected chi connectivity index (χ3v) is 2.98. The Balaban J connectivity index is 2.29. The summed E-state index contributed by atoms with van der Waals surface area (Å²) in [6, 6.07) is 18.4. The molecule has 1 nitrogen and oxygen atoms in total. The molecule has 0 aliphatic heterocycles. The predicted octanol–water partition coefficient (Wildman–Crippen LogP) is 3.66. The fourth-order valence-electron chi connectivity index (χ4n) is 2.14. The van der Waals surface area contributed by atoms with Crippen molar-refractivity contribution < 1.29 is 0 Å². The lowest BCUT2D eigenvalue weighted by Crippen LogP contribution is -1.89. The molecule has 0 heterocycles. The number of nitrogens with zero attached hydrogens (tertiary/aromatic N) is 1. The first kappa shape index (κ1) is 9.86. The first-order chi connectivity index (χ1) is 8.38. The van der Waals surface area contributed by atoms with Gasteiger partial charge in [-0.1, -0.05) is 48.5 Å². The average Bonchev–Trinajstić information content (AvgIpc) is 2.54. The maximum atomic E-state index is 9.26. The molecule has 0 amide bonds. The van der Waals surface area contributed by atoms with E-state index in [1.54, 1.807) is 0 Å². The summed E-state index contributed by atoms with van der Waals surface area (Å²) < 4.78 is 0. The van der Waals surface area contributed by atoms with E-state index >= 15 is 0 Å². The summed E-state index contributed by atoms with van der Waals surface area (Å²) in [5.41, 5.74) is 5.09. The fraction of sp³-hybridized carbons (Fsp3) is 0. The monoisotopic (exact) mass is 216 g/mol. The van der Waals surface area contributed by atoms with E-state index in [1.165, 1.54) is 0 Å². The van der Waals surface area contributed by atoms with Gasteiger partial charge in [0.05, 0.1) is 11.6 Å². The van der Waals surface area contributed by atoms with Crippen molar-refractivity contribution >= 4 is 11.6 Å². The molecule has 1 radical (unpaired) electrons. The molecule has 1 aliphatic carbocycles. The Labute approximate surface area is 101 Å². The lowest BCUT2D eigenvalue weighted by atomic mass is 9.98. The van der Waals surface area contributed by atoms with Gasteiger partial charge in [-0.3, -0.25) is 0 Å². The molecule has 1 heteroatoms. The van der Waals surface area contributed by atoms with E-state index in [0.717, 1.165) is 27.8 Å². The highest BCUT2D eigenvalue weighted by Gasteiger charge is 2.14. The van der Waals surface area contributed by atoms with E-state index < -0.39 is 0 Å². The number of allylic oxidation sites excluding steroid dienone is 1. The molecule has 0 N–H and O–H groups in total. The summed E-state index contributed by atoms with van der Waals surface area (Å²) in [4.78, 5) is 0. The van der Waals surface area contributed by atoms with Gasteiger partial charge >= 0.3 is 0 Å². The second-order valence-electron chi connectivity index (χ2n) is 4.03. The molecular formula is C16H10N. The molecule has 0 saturated heterocycles. The van der Waals surface area contributed by atoms with Crippen LogP contribution in [0.15, 0.2) is 48.5 Å². The van der Waals surface area contributed by atoms with Crippen molar-refractivity contribution in [1.82, 2.24) is 0 Å². The van der Waals surface area contributed by atoms with E-state index in [4.69, 9.17) is 0 Å². The highest BCUT2D eigenvalue weighted by Crippen LogP contribution is 2.30. The summed E-state index contributed by atoms with van der Waals surface area (Å²) in [5, 5.41) is 9.26. The average molecular weight is 216 g/mol. The van der Waals surface area contributed by atoms with Crippen molar-refractivity contribution in [2.45, 2.75) is 0 Å². The van der Waals surface area contributed by atoms with Crippen LogP contribution >= 0.6 is 0 Å². The van der Waals surface area contributed by atoms with Crippen molar-refractivity contribution in [2.75, 3.05) is 0 Å². The summed E-state index contributed by atoms with van der Waals surface area (Å²) in [6.07, 6.45) is 4.09. The summed E-state index contributed by atoms with van der Waals surface area (Å²) in [5.74, 6) is 0. The van der Waals surface area contributed by atoms with Crippen molar-refractivity contribution in [3.05, 3.63) is 77.2 Å². The molecule has 2 aromatic carbocycles. The second-order valence-corrected chi connectivity index (χ2v) is 4.03. The Morgan fingerprint density at radius 1 is 0.765 bits per heavy atom. The van der Waals surface area contributed by atoms with Crippen LogP contribution in [0.1, 0.15) is 22.3 Å². The molecule has 0 spiro atoms. The van der Waals surface area contributed by atoms with Crippen molar-refractivity contribution in [3.8, 4) is 6.07 Å². The van der Waals surface area contributed by atoms with E-state index in [9.17, 15) is 5.26 Å². The Morgan fingerprint density at radius 2 is 1.41 bits per heavy atom. The van der Waals surface area contributed by atoms with Gasteiger partial charge in [0.1, 0.15) is 0 Å². The third-order valence-electron chi connectivity index (χ3n) is 2.98. The highest BCUT2D eigenvalue weighted by molar-refractivity contribution is 5.93. The molecule has 0 atom stereocenters. The summed E-state index contributed by atoms with van der Waals surface area (Å²) >= 11 is 0. The lowest BCUT2D eigenvalue weighted by molar-refractivity contribution is 1.41. The van der Waals surface area contributed by atoms with Gasteiger partial charge < -0.3 is 0 Å². The van der Waals surface area contributed by atoms with Gasteiger partial charge in [-0.2, -0.15) is 5.26 Å². The van der Waals surface area contributed by atoms with Gasteiger partial charge in [0, 0.05) is 6.42 Å². The molecule has 3 rings (SSSR count). The van der Waals surface area contributed by atoms with Crippen molar-refractivity contribution in [3.63, 3.8) is 0 Å². The fourth-order valence-corrected chi connectivity index (χ4v) is 2.14. The van der Waals surface area contributed by atoms with Gasteiger partial charge in [0.25, 0.3) is 0 Å². The van der Waals surface area contributed by atoms with Crippen LogP contribution in [0.5, 0.6) is 0 Å². The molecule has 79 valence electrons. The first-order valence-corrected chi connectivity index (χ1v) is 5.53. The lowest BCUT2D eigenvalue weighted by Gasteiger charge is -2.05. The summed E-state index contributed by atoms with van der Waals surface area (Å²) in [6.45, 7) is 0. The van der Waals surface area contributed by atoms with Crippen LogP contribution in [-0.4, -0.2) is 0 Å². The van der Waals surface area contributed by atoms with Gasteiger partial charge in [0.2, 0.25) is 0 Å². The molecule has 0 bridgehead atoms. The zero-order chi connectivity index (χ0) is 11.7. The molecule has 0 fully saturated rings. The predicted molar refractivity (Wildman–Crippen MR) is 68.9 cm³/mol. The van der Waals surface area contributed by atoms with Gasteiger partial charge in [-0.05, 0) is 28.3 Å². The summed E-state index contributed by atoms with van der Waals surface area (Å²) in [7, 11) is 0. The molecule has 2 aromatic rings. The minimum Gasteiger partial charge on any atom is -0.192 e. The smallest absolute Gasteiger partial charge is 0.0998 e. The van der Waals surface area contributed by atoms with Gasteiger partial charge in [-0.25, -0.2) is 0 Å². The minimum atomic E-state index is 0.724. The van der Waals surface area contributed by atoms with Crippen LogP contribution in [0, 0.1) is 17.8 Å². The minimum absolute atomic E-state index is 0.724. The second kappa shape index (κ2) is 3.92. The highest BCUT2D eigenvalue weighted by atomic mass is 14.3. The van der Waals surface area contributed by atoms with Crippen LogP contribution in [0.4, 0.5) is 0 Å². The molecule has 17 heavy (non-hydrogen) atoms. The molecule has 0 aromatic heterocycles. The standard InChI is InChI=1S/C16H10N/c17-11-15-10-13-6-2-1-5-12(13)9-14-7-3-4-8-16(14)15/h1-10H. The van der Waals surface area contributed by atoms with Crippen LogP contribution in [-0.2, 0) is 0 Å². The number of benzene rings is 2. The zero-order valence-electron chi connectivity index (χ0n) is 9.22. The quantitative estimate of drug-likeness (QED) is 0.659. The Kier molecular flexibility index (Phi) is 2.27. The van der Waals surface area contributed by atoms with E-state index in [-0.39, 0.29) is 0 Å². The van der Waals surface area contributed by atoms with Crippen molar-refractivity contribution in [2.24, 2.45) is 0 Å². The maximum Gasteiger partial charge on any atom is 0.0998 e. The molecular weight excluding hydrogens is 206 g/mol. The van der Waals surface area contributed by atoms with Gasteiger partial charge in [-0.15, -0.1) is 0 Å². The number of nitriles is 1.